The van der Waals surface area contributed by atoms with Gasteiger partial charge in [-0.3, -0.25) is 0 Å². The smallest absolute Gasteiger partial charge is 0.329 e. The lowest BCUT2D eigenvalue weighted by Crippen LogP contribution is -2.59. The maximum Gasteiger partial charge on any atom is 0.329 e. The van der Waals surface area contributed by atoms with Crippen molar-refractivity contribution in [3.8, 4) is 0 Å². The molecule has 0 aromatic heterocycles. The minimum atomic E-state index is -1.11. The first-order chi connectivity index (χ1) is 9.93. The van der Waals surface area contributed by atoms with Crippen molar-refractivity contribution in [3.63, 3.8) is 0 Å². The Morgan fingerprint density at radius 3 is 2.86 bits per heavy atom. The molecule has 1 unspecified atom stereocenters. The van der Waals surface area contributed by atoms with Gasteiger partial charge in [0.05, 0.1) is 0 Å². The Labute approximate surface area is 132 Å². The van der Waals surface area contributed by atoms with Gasteiger partial charge in [0.25, 0.3) is 0 Å². The molecule has 1 atom stereocenters. The molecule has 6 heteroatoms. The number of piperidine rings is 1. The number of nitrogens with one attached hydrogen (secondary N) is 1. The number of urea groups is 1. The highest BCUT2D eigenvalue weighted by Gasteiger charge is 2.43. The Morgan fingerprint density at radius 2 is 2.19 bits per heavy atom. The summed E-state index contributed by atoms with van der Waals surface area (Å²) in [5, 5.41) is 12.2. The first-order valence-corrected chi connectivity index (χ1v) is 7.76. The van der Waals surface area contributed by atoms with Crippen LogP contribution in [0.15, 0.2) is 28.7 Å². The number of nitrogens with zero attached hydrogens (tertiary/aromatic N) is 1. The van der Waals surface area contributed by atoms with Crippen molar-refractivity contribution in [2.45, 2.75) is 38.3 Å². The van der Waals surface area contributed by atoms with Crippen molar-refractivity contribution in [3.05, 3.63) is 34.3 Å². The molecule has 1 aromatic carbocycles. The number of carboxylic acids is 1. The van der Waals surface area contributed by atoms with Crippen LogP contribution in [0.3, 0.4) is 0 Å². The van der Waals surface area contributed by atoms with Crippen LogP contribution in [-0.2, 0) is 11.3 Å². The number of benzene rings is 1. The SMILES string of the molecule is CC1(C(=O)O)CCCCN1C(=O)NCc1cccc(Br)c1. The summed E-state index contributed by atoms with van der Waals surface area (Å²) in [5.74, 6) is -0.945. The van der Waals surface area contributed by atoms with E-state index in [4.69, 9.17) is 0 Å². The van der Waals surface area contributed by atoms with E-state index >= 15 is 0 Å². The summed E-state index contributed by atoms with van der Waals surface area (Å²) in [7, 11) is 0. The fourth-order valence-corrected chi connectivity index (χ4v) is 3.04. The van der Waals surface area contributed by atoms with Gasteiger partial charge in [-0.15, -0.1) is 0 Å². The predicted molar refractivity (Wildman–Crippen MR) is 83.0 cm³/mol. The zero-order valence-corrected chi connectivity index (χ0v) is 13.5. The van der Waals surface area contributed by atoms with Crippen LogP contribution in [0.5, 0.6) is 0 Å². The Balaban J connectivity index is 2.03. The summed E-state index contributed by atoms with van der Waals surface area (Å²) in [4.78, 5) is 25.2. The lowest BCUT2D eigenvalue weighted by Gasteiger charge is -2.41. The molecule has 1 fully saturated rings. The Kier molecular flexibility index (Phi) is 4.88. The molecule has 0 radical (unpaired) electrons. The van der Waals surface area contributed by atoms with E-state index in [1.54, 1.807) is 6.92 Å². The van der Waals surface area contributed by atoms with E-state index in [2.05, 4.69) is 21.2 Å². The van der Waals surface area contributed by atoms with E-state index in [1.807, 2.05) is 24.3 Å². The minimum Gasteiger partial charge on any atom is -0.480 e. The number of hydrogen-bond donors (Lipinski definition) is 2. The summed E-state index contributed by atoms with van der Waals surface area (Å²) in [6.07, 6.45) is 2.16. The summed E-state index contributed by atoms with van der Waals surface area (Å²) in [6.45, 7) is 2.48. The van der Waals surface area contributed by atoms with Gasteiger partial charge in [-0.1, -0.05) is 28.1 Å². The molecule has 21 heavy (non-hydrogen) atoms. The van der Waals surface area contributed by atoms with Crippen LogP contribution in [0.1, 0.15) is 31.7 Å². The van der Waals surface area contributed by atoms with Crippen molar-refractivity contribution in [1.29, 1.82) is 0 Å². The van der Waals surface area contributed by atoms with E-state index in [1.165, 1.54) is 4.90 Å². The number of carbonyl (C=O) groups is 2. The Bertz CT molecular complexity index is 549. The monoisotopic (exact) mass is 354 g/mol. The Morgan fingerprint density at radius 1 is 1.43 bits per heavy atom. The van der Waals surface area contributed by atoms with Crippen molar-refractivity contribution in [2.24, 2.45) is 0 Å². The Hall–Kier alpha value is -1.56. The van der Waals surface area contributed by atoms with Crippen LogP contribution in [-0.4, -0.2) is 34.1 Å². The number of aliphatic carboxylic acids is 1. The van der Waals surface area contributed by atoms with Gasteiger partial charge in [0.15, 0.2) is 0 Å². The molecule has 0 bridgehead atoms. The lowest BCUT2D eigenvalue weighted by molar-refractivity contribution is -0.150. The number of halogens is 1. The second-order valence-electron chi connectivity index (χ2n) is 5.48. The standard InChI is InChI=1S/C15H19BrN2O3/c1-15(13(19)20)7-2-3-8-18(15)14(21)17-10-11-5-4-6-12(16)9-11/h4-6,9H,2-3,7-8,10H2,1H3,(H,17,21)(H,19,20). The lowest BCUT2D eigenvalue weighted by atomic mass is 9.89. The number of amides is 2. The largest absolute Gasteiger partial charge is 0.480 e. The van der Waals surface area contributed by atoms with Crippen molar-refractivity contribution >= 4 is 27.9 Å². The van der Waals surface area contributed by atoms with Gasteiger partial charge in [-0.2, -0.15) is 0 Å². The maximum absolute atomic E-state index is 12.3. The normalized spacial score (nSPS) is 21.9. The molecule has 2 N–H and O–H groups in total. The molecule has 0 spiro atoms. The van der Waals surface area contributed by atoms with Crippen LogP contribution in [0.4, 0.5) is 4.79 Å². The number of hydrogen-bond acceptors (Lipinski definition) is 2. The third-order valence-corrected chi connectivity index (χ3v) is 4.42. The van der Waals surface area contributed by atoms with Crippen LogP contribution in [0.2, 0.25) is 0 Å². The summed E-state index contributed by atoms with van der Waals surface area (Å²) in [5.41, 5.74) is -0.147. The van der Waals surface area contributed by atoms with Crippen LogP contribution in [0, 0.1) is 0 Å². The van der Waals surface area contributed by atoms with Gasteiger partial charge in [0.1, 0.15) is 5.54 Å². The van der Waals surface area contributed by atoms with Gasteiger partial charge in [0.2, 0.25) is 0 Å². The van der Waals surface area contributed by atoms with Crippen molar-refractivity contribution in [2.75, 3.05) is 6.54 Å². The van der Waals surface area contributed by atoms with Crippen LogP contribution >= 0.6 is 15.9 Å². The van der Waals surface area contributed by atoms with Crippen LogP contribution in [0.25, 0.3) is 0 Å². The molecule has 0 saturated carbocycles. The van der Waals surface area contributed by atoms with Crippen LogP contribution < -0.4 is 5.32 Å². The summed E-state index contributed by atoms with van der Waals surface area (Å²) in [6, 6.07) is 7.33. The average molecular weight is 355 g/mol. The number of rotatable bonds is 3. The second kappa shape index (κ2) is 6.47. The molecule has 1 aromatic rings. The van der Waals surface area contributed by atoms with E-state index < -0.39 is 11.5 Å². The topological polar surface area (TPSA) is 69.6 Å². The number of carbonyl (C=O) groups excluding carboxylic acids is 1. The minimum absolute atomic E-state index is 0.320. The van der Waals surface area contributed by atoms with Crippen molar-refractivity contribution in [1.82, 2.24) is 10.2 Å². The molecule has 1 aliphatic rings. The molecule has 1 aliphatic heterocycles. The zero-order chi connectivity index (χ0) is 15.5. The third-order valence-electron chi connectivity index (χ3n) is 3.93. The molecule has 2 rings (SSSR count). The molecular formula is C15H19BrN2O3. The van der Waals surface area contributed by atoms with E-state index in [0.717, 1.165) is 22.9 Å². The molecule has 114 valence electrons. The van der Waals surface area contributed by atoms with Gasteiger partial charge >= 0.3 is 12.0 Å². The molecular weight excluding hydrogens is 336 g/mol. The first-order valence-electron chi connectivity index (χ1n) is 6.97. The number of carboxylic acid groups (broad SMARTS) is 1. The average Bonchev–Trinajstić information content (AvgIpc) is 2.45. The molecule has 1 saturated heterocycles. The molecule has 2 amide bonds. The predicted octanol–water partition coefficient (Wildman–Crippen LogP) is 2.99. The van der Waals surface area contributed by atoms with E-state index in [-0.39, 0.29) is 6.03 Å². The van der Waals surface area contributed by atoms with Crippen molar-refractivity contribution < 1.29 is 14.7 Å². The summed E-state index contributed by atoms with van der Waals surface area (Å²) < 4.78 is 0.947. The van der Waals surface area contributed by atoms with Gasteiger partial charge in [0, 0.05) is 17.6 Å². The third kappa shape index (κ3) is 3.56. The fraction of sp³-hybridized carbons (Fsp3) is 0.467. The zero-order valence-electron chi connectivity index (χ0n) is 11.9. The van der Waals surface area contributed by atoms with Gasteiger partial charge in [-0.05, 0) is 43.9 Å². The van der Waals surface area contributed by atoms with Gasteiger partial charge in [-0.25, -0.2) is 9.59 Å². The highest BCUT2D eigenvalue weighted by molar-refractivity contribution is 9.10. The van der Waals surface area contributed by atoms with E-state index in [9.17, 15) is 14.7 Å². The quantitative estimate of drug-likeness (QED) is 0.876. The molecule has 1 heterocycles. The molecule has 5 nitrogen and oxygen atoms in total. The molecule has 0 aliphatic carbocycles. The van der Waals surface area contributed by atoms with E-state index in [0.29, 0.717) is 19.5 Å². The first kappa shape index (κ1) is 15.8. The maximum atomic E-state index is 12.3. The second-order valence-corrected chi connectivity index (χ2v) is 6.39. The van der Waals surface area contributed by atoms with Gasteiger partial charge < -0.3 is 15.3 Å². The fourth-order valence-electron chi connectivity index (χ4n) is 2.59. The highest BCUT2D eigenvalue weighted by Crippen LogP contribution is 2.28. The number of likely N-dealkylation sites (tertiary alicyclic amines) is 1. The highest BCUT2D eigenvalue weighted by atomic mass is 79.9. The summed E-state index contributed by atoms with van der Waals surface area (Å²) >= 11 is 3.38.